The van der Waals surface area contributed by atoms with Crippen LogP contribution in [-0.2, 0) is 6.54 Å². The number of fused-ring (bicyclic) bond motifs is 3. The molecular weight excluding hydrogens is 332 g/mol. The summed E-state index contributed by atoms with van der Waals surface area (Å²) in [6.45, 7) is 3.73. The molecule has 2 aromatic rings. The van der Waals surface area contributed by atoms with Crippen molar-refractivity contribution in [2.45, 2.75) is 63.7 Å². The summed E-state index contributed by atoms with van der Waals surface area (Å²) in [4.78, 5) is 7.53. The van der Waals surface area contributed by atoms with E-state index in [4.69, 9.17) is 4.99 Å². The molecule has 0 radical (unpaired) electrons. The van der Waals surface area contributed by atoms with Crippen molar-refractivity contribution in [2.24, 2.45) is 4.99 Å². The van der Waals surface area contributed by atoms with Gasteiger partial charge in [0, 0.05) is 24.7 Å². The number of benzene rings is 2. The van der Waals surface area contributed by atoms with Crippen LogP contribution in [0.4, 0.5) is 0 Å². The van der Waals surface area contributed by atoms with Crippen molar-refractivity contribution >= 4 is 16.7 Å². The third-order valence-corrected chi connectivity index (χ3v) is 6.31. The molecule has 2 unspecified atom stereocenters. The van der Waals surface area contributed by atoms with Crippen molar-refractivity contribution in [1.82, 2.24) is 15.5 Å². The molecule has 4 nitrogen and oxygen atoms in total. The van der Waals surface area contributed by atoms with Gasteiger partial charge in [0.15, 0.2) is 5.96 Å². The lowest BCUT2D eigenvalue weighted by molar-refractivity contribution is 0.0526. The first kappa shape index (κ1) is 18.3. The molecule has 4 rings (SSSR count). The van der Waals surface area contributed by atoms with E-state index in [-0.39, 0.29) is 0 Å². The monoisotopic (exact) mass is 364 g/mol. The Labute approximate surface area is 163 Å². The first-order valence-corrected chi connectivity index (χ1v) is 10.5. The number of nitrogens with one attached hydrogen (secondary N) is 2. The third-order valence-electron chi connectivity index (χ3n) is 6.31. The van der Waals surface area contributed by atoms with Gasteiger partial charge < -0.3 is 15.5 Å². The van der Waals surface area contributed by atoms with Crippen LogP contribution in [0.1, 0.15) is 44.6 Å². The number of guanidine groups is 1. The van der Waals surface area contributed by atoms with Crippen LogP contribution in [-0.4, -0.2) is 42.6 Å². The van der Waals surface area contributed by atoms with Gasteiger partial charge in [-0.1, -0.05) is 48.9 Å². The summed E-state index contributed by atoms with van der Waals surface area (Å²) in [6, 6.07) is 17.1. The summed E-state index contributed by atoms with van der Waals surface area (Å²) in [5, 5.41) is 9.77. The third kappa shape index (κ3) is 4.11. The highest BCUT2D eigenvalue weighted by Gasteiger charge is 2.36. The predicted molar refractivity (Wildman–Crippen MR) is 114 cm³/mol. The second kappa shape index (κ2) is 8.30. The highest BCUT2D eigenvalue weighted by Crippen LogP contribution is 2.32. The lowest BCUT2D eigenvalue weighted by atomic mass is 9.82. The van der Waals surface area contributed by atoms with Gasteiger partial charge in [-0.05, 0) is 56.0 Å². The zero-order valence-electron chi connectivity index (χ0n) is 16.6. The van der Waals surface area contributed by atoms with Crippen LogP contribution in [0.2, 0.25) is 0 Å². The maximum atomic E-state index is 4.92. The Bertz CT molecular complexity index is 781. The normalized spacial score (nSPS) is 26.1. The molecule has 144 valence electrons. The fourth-order valence-corrected chi connectivity index (χ4v) is 4.84. The number of aliphatic imine (C=N–C) groups is 1. The Kier molecular flexibility index (Phi) is 5.63. The van der Waals surface area contributed by atoms with E-state index in [2.05, 4.69) is 72.0 Å². The van der Waals surface area contributed by atoms with E-state index in [1.807, 2.05) is 0 Å². The van der Waals surface area contributed by atoms with Crippen molar-refractivity contribution in [3.05, 3.63) is 48.0 Å². The number of hydrogen-bond acceptors (Lipinski definition) is 2. The molecule has 4 heteroatoms. The van der Waals surface area contributed by atoms with E-state index in [0.717, 1.165) is 24.6 Å². The maximum absolute atomic E-state index is 4.92. The molecule has 2 heterocycles. The lowest BCUT2D eigenvalue weighted by Gasteiger charge is -2.47. The van der Waals surface area contributed by atoms with Crippen LogP contribution >= 0.6 is 0 Å². The minimum atomic E-state index is 0.529. The SMILES string of the molecule is CCNC(=NCc1cccc2ccccc12)NC1CC2CCCC(C1)N2C. The van der Waals surface area contributed by atoms with E-state index in [1.165, 1.54) is 48.4 Å². The number of rotatable bonds is 4. The smallest absolute Gasteiger partial charge is 0.191 e. The Morgan fingerprint density at radius 1 is 1.07 bits per heavy atom. The molecule has 0 aromatic heterocycles. The lowest BCUT2D eigenvalue weighted by Crippen LogP contribution is -2.56. The summed E-state index contributed by atoms with van der Waals surface area (Å²) in [6.07, 6.45) is 6.53. The van der Waals surface area contributed by atoms with E-state index < -0.39 is 0 Å². The van der Waals surface area contributed by atoms with E-state index >= 15 is 0 Å². The topological polar surface area (TPSA) is 39.7 Å². The van der Waals surface area contributed by atoms with Gasteiger partial charge in [-0.25, -0.2) is 4.99 Å². The second-order valence-corrected chi connectivity index (χ2v) is 8.05. The number of piperidine rings is 2. The molecule has 2 aliphatic rings. The molecule has 27 heavy (non-hydrogen) atoms. The second-order valence-electron chi connectivity index (χ2n) is 8.05. The molecule has 0 saturated carbocycles. The summed E-state index contributed by atoms with van der Waals surface area (Å²) in [5.41, 5.74) is 1.28. The first-order chi connectivity index (χ1) is 13.2. The van der Waals surface area contributed by atoms with Gasteiger partial charge in [-0.2, -0.15) is 0 Å². The fourth-order valence-electron chi connectivity index (χ4n) is 4.84. The van der Waals surface area contributed by atoms with Crippen molar-refractivity contribution < 1.29 is 0 Å². The molecule has 2 aliphatic heterocycles. The summed E-state index contributed by atoms with van der Waals surface area (Å²) in [5.74, 6) is 0.957. The molecule has 2 aromatic carbocycles. The van der Waals surface area contributed by atoms with E-state index in [9.17, 15) is 0 Å². The van der Waals surface area contributed by atoms with Gasteiger partial charge >= 0.3 is 0 Å². The average molecular weight is 365 g/mol. The number of nitrogens with zero attached hydrogens (tertiary/aromatic N) is 2. The van der Waals surface area contributed by atoms with Gasteiger partial charge in [0.2, 0.25) is 0 Å². The molecule has 0 amide bonds. The van der Waals surface area contributed by atoms with Crippen LogP contribution < -0.4 is 10.6 Å². The molecule has 2 bridgehead atoms. The highest BCUT2D eigenvalue weighted by atomic mass is 15.2. The van der Waals surface area contributed by atoms with E-state index in [1.54, 1.807) is 0 Å². The fraction of sp³-hybridized carbons (Fsp3) is 0.522. The largest absolute Gasteiger partial charge is 0.357 e. The molecule has 2 N–H and O–H groups in total. The minimum Gasteiger partial charge on any atom is -0.357 e. The van der Waals surface area contributed by atoms with Crippen LogP contribution in [0, 0.1) is 0 Å². The molecule has 2 atom stereocenters. The van der Waals surface area contributed by atoms with Crippen LogP contribution in [0.15, 0.2) is 47.5 Å². The maximum Gasteiger partial charge on any atom is 0.191 e. The van der Waals surface area contributed by atoms with E-state index in [0.29, 0.717) is 12.6 Å². The highest BCUT2D eigenvalue weighted by molar-refractivity contribution is 5.86. The average Bonchev–Trinajstić information content (AvgIpc) is 2.67. The molecule has 2 fully saturated rings. The number of hydrogen-bond donors (Lipinski definition) is 2. The van der Waals surface area contributed by atoms with Crippen molar-refractivity contribution in [3.63, 3.8) is 0 Å². The van der Waals surface area contributed by atoms with Gasteiger partial charge in [-0.15, -0.1) is 0 Å². The summed E-state index contributed by atoms with van der Waals surface area (Å²) < 4.78 is 0. The summed E-state index contributed by atoms with van der Waals surface area (Å²) in [7, 11) is 2.31. The molecule has 0 aliphatic carbocycles. The van der Waals surface area contributed by atoms with Gasteiger partial charge in [0.1, 0.15) is 0 Å². The quantitative estimate of drug-likeness (QED) is 0.638. The molecule has 2 saturated heterocycles. The summed E-state index contributed by atoms with van der Waals surface area (Å²) >= 11 is 0. The first-order valence-electron chi connectivity index (χ1n) is 10.5. The van der Waals surface area contributed by atoms with Crippen LogP contribution in [0.25, 0.3) is 10.8 Å². The van der Waals surface area contributed by atoms with Crippen molar-refractivity contribution in [3.8, 4) is 0 Å². The van der Waals surface area contributed by atoms with Gasteiger partial charge in [-0.3, -0.25) is 0 Å². The zero-order chi connectivity index (χ0) is 18.6. The molecule has 0 spiro atoms. The predicted octanol–water partition coefficient (Wildman–Crippen LogP) is 3.91. The Morgan fingerprint density at radius 3 is 2.59 bits per heavy atom. The Balaban J connectivity index is 1.47. The standard InChI is InChI=1S/C23H32N4/c1-3-24-23(26-19-14-20-11-7-12-21(15-19)27(20)2)25-16-18-10-6-9-17-8-4-5-13-22(17)18/h4-6,8-10,13,19-21H,3,7,11-12,14-16H2,1-2H3,(H2,24,25,26). The minimum absolute atomic E-state index is 0.529. The molecular formula is C23H32N4. The van der Waals surface area contributed by atoms with Crippen molar-refractivity contribution in [1.29, 1.82) is 0 Å². The van der Waals surface area contributed by atoms with Gasteiger partial charge in [0.25, 0.3) is 0 Å². The van der Waals surface area contributed by atoms with Gasteiger partial charge in [0.05, 0.1) is 6.54 Å². The van der Waals surface area contributed by atoms with Crippen LogP contribution in [0.3, 0.4) is 0 Å². The van der Waals surface area contributed by atoms with Crippen molar-refractivity contribution in [2.75, 3.05) is 13.6 Å². The van der Waals surface area contributed by atoms with Crippen LogP contribution in [0.5, 0.6) is 0 Å². The Hall–Kier alpha value is -2.07. The Morgan fingerprint density at radius 2 is 1.81 bits per heavy atom. The zero-order valence-corrected chi connectivity index (χ0v) is 16.6.